The van der Waals surface area contributed by atoms with Crippen LogP contribution in [0.1, 0.15) is 19.4 Å². The molecule has 3 rings (SSSR count). The number of fused-ring (bicyclic) bond motifs is 1. The summed E-state index contributed by atoms with van der Waals surface area (Å²) in [5, 5.41) is 5.54. The highest BCUT2D eigenvalue weighted by atomic mass is 16.5. The zero-order chi connectivity index (χ0) is 15.5. The van der Waals surface area contributed by atoms with Crippen LogP contribution in [-0.2, 0) is 13.1 Å². The first-order chi connectivity index (χ1) is 10.7. The quantitative estimate of drug-likeness (QED) is 0.775. The number of para-hydroxylation sites is 1. The second-order valence-corrected chi connectivity index (χ2v) is 5.86. The minimum Gasteiger partial charge on any atom is -0.457 e. The molecule has 22 heavy (non-hydrogen) atoms. The van der Waals surface area contributed by atoms with Crippen LogP contribution in [0.4, 0.5) is 0 Å². The van der Waals surface area contributed by atoms with Gasteiger partial charge in [0.15, 0.2) is 0 Å². The molecule has 0 saturated carbocycles. The fraction of sp³-hybridized carbons (Fsp3) is 0.278. The van der Waals surface area contributed by atoms with E-state index in [2.05, 4.69) is 25.0 Å². The molecule has 3 aromatic rings. The topological polar surface area (TPSA) is 53.1 Å². The van der Waals surface area contributed by atoms with Crippen molar-refractivity contribution in [1.82, 2.24) is 9.78 Å². The fourth-order valence-corrected chi connectivity index (χ4v) is 2.52. The molecule has 0 aliphatic carbocycles. The lowest BCUT2D eigenvalue weighted by Gasteiger charge is -2.10. The van der Waals surface area contributed by atoms with Crippen LogP contribution in [0, 0.1) is 5.92 Å². The maximum absolute atomic E-state index is 5.98. The standard InChI is InChI=1S/C18H21N3O/c1-13(2)12-21-17-8-7-16(9-15(17)11-20-21)22-18-6-4-3-5-14(18)10-19/h3-9,11,13H,10,12,19H2,1-2H3. The molecule has 0 aliphatic rings. The van der Waals surface area contributed by atoms with Gasteiger partial charge >= 0.3 is 0 Å². The Labute approximate surface area is 130 Å². The van der Waals surface area contributed by atoms with E-state index < -0.39 is 0 Å². The van der Waals surface area contributed by atoms with Crippen molar-refractivity contribution in [3.8, 4) is 11.5 Å². The van der Waals surface area contributed by atoms with E-state index in [0.717, 1.165) is 34.5 Å². The molecule has 2 N–H and O–H groups in total. The number of aromatic nitrogens is 2. The van der Waals surface area contributed by atoms with Gasteiger partial charge in [-0.2, -0.15) is 5.10 Å². The second kappa shape index (κ2) is 6.20. The van der Waals surface area contributed by atoms with Crippen molar-refractivity contribution in [2.24, 2.45) is 11.7 Å². The Balaban J connectivity index is 1.89. The molecule has 0 atom stereocenters. The minimum absolute atomic E-state index is 0.463. The van der Waals surface area contributed by atoms with Crippen LogP contribution in [0.3, 0.4) is 0 Å². The Morgan fingerprint density at radius 3 is 2.77 bits per heavy atom. The van der Waals surface area contributed by atoms with Crippen LogP contribution < -0.4 is 10.5 Å². The van der Waals surface area contributed by atoms with Crippen molar-refractivity contribution in [1.29, 1.82) is 0 Å². The molecule has 0 radical (unpaired) electrons. The van der Waals surface area contributed by atoms with Gasteiger partial charge in [-0.1, -0.05) is 32.0 Å². The number of hydrogen-bond acceptors (Lipinski definition) is 3. The molecule has 1 aromatic heterocycles. The Hall–Kier alpha value is -2.33. The van der Waals surface area contributed by atoms with Crippen molar-refractivity contribution >= 4 is 10.9 Å². The van der Waals surface area contributed by atoms with Gasteiger partial charge in [0, 0.05) is 24.0 Å². The first-order valence-corrected chi connectivity index (χ1v) is 7.59. The molecule has 0 amide bonds. The number of hydrogen-bond donors (Lipinski definition) is 1. The minimum atomic E-state index is 0.463. The Morgan fingerprint density at radius 1 is 1.18 bits per heavy atom. The van der Waals surface area contributed by atoms with Gasteiger partial charge in [-0.05, 0) is 30.2 Å². The number of rotatable bonds is 5. The van der Waals surface area contributed by atoms with Crippen molar-refractivity contribution < 1.29 is 4.74 Å². The van der Waals surface area contributed by atoms with E-state index >= 15 is 0 Å². The molecule has 0 bridgehead atoms. The average Bonchev–Trinajstić information content (AvgIpc) is 2.89. The van der Waals surface area contributed by atoms with Crippen LogP contribution in [-0.4, -0.2) is 9.78 Å². The van der Waals surface area contributed by atoms with Crippen LogP contribution in [0.2, 0.25) is 0 Å². The largest absolute Gasteiger partial charge is 0.457 e. The molecular formula is C18H21N3O. The van der Waals surface area contributed by atoms with Crippen molar-refractivity contribution in [2.75, 3.05) is 0 Å². The van der Waals surface area contributed by atoms with E-state index in [4.69, 9.17) is 10.5 Å². The second-order valence-electron chi connectivity index (χ2n) is 5.86. The van der Waals surface area contributed by atoms with Crippen LogP contribution in [0.25, 0.3) is 10.9 Å². The number of benzene rings is 2. The summed E-state index contributed by atoms with van der Waals surface area (Å²) in [5.41, 5.74) is 7.88. The molecule has 0 fully saturated rings. The first-order valence-electron chi connectivity index (χ1n) is 7.59. The average molecular weight is 295 g/mol. The zero-order valence-corrected chi connectivity index (χ0v) is 13.0. The van der Waals surface area contributed by atoms with E-state index in [1.54, 1.807) is 0 Å². The molecule has 0 aliphatic heterocycles. The SMILES string of the molecule is CC(C)Cn1ncc2cc(Oc3ccccc3CN)ccc21. The van der Waals surface area contributed by atoms with E-state index in [-0.39, 0.29) is 0 Å². The van der Waals surface area contributed by atoms with Gasteiger partial charge in [0.1, 0.15) is 11.5 Å². The van der Waals surface area contributed by atoms with Crippen LogP contribution in [0.15, 0.2) is 48.7 Å². The molecule has 2 aromatic carbocycles. The smallest absolute Gasteiger partial charge is 0.131 e. The highest BCUT2D eigenvalue weighted by molar-refractivity contribution is 5.80. The molecule has 114 valence electrons. The summed E-state index contributed by atoms with van der Waals surface area (Å²) >= 11 is 0. The molecule has 0 spiro atoms. The molecule has 4 nitrogen and oxygen atoms in total. The van der Waals surface area contributed by atoms with Gasteiger partial charge < -0.3 is 10.5 Å². The normalized spacial score (nSPS) is 11.3. The van der Waals surface area contributed by atoms with Crippen molar-refractivity contribution in [2.45, 2.75) is 26.9 Å². The summed E-state index contributed by atoms with van der Waals surface area (Å²) in [6, 6.07) is 13.9. The van der Waals surface area contributed by atoms with E-state index in [0.29, 0.717) is 12.5 Å². The molecule has 0 saturated heterocycles. The number of nitrogens with two attached hydrogens (primary N) is 1. The van der Waals surface area contributed by atoms with Crippen LogP contribution >= 0.6 is 0 Å². The van der Waals surface area contributed by atoms with Gasteiger partial charge in [0.25, 0.3) is 0 Å². The van der Waals surface area contributed by atoms with Crippen molar-refractivity contribution in [3.63, 3.8) is 0 Å². The fourth-order valence-electron chi connectivity index (χ4n) is 2.52. The predicted octanol–water partition coefficient (Wildman–Crippen LogP) is 3.94. The lowest BCUT2D eigenvalue weighted by atomic mass is 10.2. The summed E-state index contributed by atoms with van der Waals surface area (Å²) in [6.45, 7) is 5.76. The maximum Gasteiger partial charge on any atom is 0.131 e. The first kappa shape index (κ1) is 14.6. The van der Waals surface area contributed by atoms with Gasteiger partial charge in [0.05, 0.1) is 11.7 Å². The molecule has 4 heteroatoms. The number of ether oxygens (including phenoxy) is 1. The molecule has 1 heterocycles. The van der Waals surface area contributed by atoms with Crippen molar-refractivity contribution in [3.05, 3.63) is 54.2 Å². The summed E-state index contributed by atoms with van der Waals surface area (Å²) in [6.07, 6.45) is 1.89. The Morgan fingerprint density at radius 2 is 2.00 bits per heavy atom. The Bertz CT molecular complexity index is 777. The third-order valence-electron chi connectivity index (χ3n) is 3.57. The van der Waals surface area contributed by atoms with Gasteiger partial charge in [-0.15, -0.1) is 0 Å². The highest BCUT2D eigenvalue weighted by Crippen LogP contribution is 2.28. The molecular weight excluding hydrogens is 274 g/mol. The maximum atomic E-state index is 5.98. The lowest BCUT2D eigenvalue weighted by molar-refractivity contribution is 0.477. The third kappa shape index (κ3) is 2.97. The summed E-state index contributed by atoms with van der Waals surface area (Å²) in [7, 11) is 0. The lowest BCUT2D eigenvalue weighted by Crippen LogP contribution is -2.05. The third-order valence-corrected chi connectivity index (χ3v) is 3.57. The molecule has 0 unspecified atom stereocenters. The summed E-state index contributed by atoms with van der Waals surface area (Å²) in [4.78, 5) is 0. The monoisotopic (exact) mass is 295 g/mol. The van der Waals surface area contributed by atoms with E-state index in [1.807, 2.05) is 47.3 Å². The van der Waals surface area contributed by atoms with E-state index in [1.165, 1.54) is 0 Å². The Kier molecular flexibility index (Phi) is 4.11. The van der Waals surface area contributed by atoms with Gasteiger partial charge in [-0.25, -0.2) is 0 Å². The van der Waals surface area contributed by atoms with Crippen LogP contribution in [0.5, 0.6) is 11.5 Å². The van der Waals surface area contributed by atoms with Gasteiger partial charge in [-0.3, -0.25) is 4.68 Å². The summed E-state index contributed by atoms with van der Waals surface area (Å²) < 4.78 is 8.02. The van der Waals surface area contributed by atoms with E-state index in [9.17, 15) is 0 Å². The number of nitrogens with zero attached hydrogens (tertiary/aromatic N) is 2. The predicted molar refractivity (Wildman–Crippen MR) is 89.0 cm³/mol. The summed E-state index contributed by atoms with van der Waals surface area (Å²) in [5.74, 6) is 2.17. The van der Waals surface area contributed by atoms with Gasteiger partial charge in [0.2, 0.25) is 0 Å². The zero-order valence-electron chi connectivity index (χ0n) is 13.0. The highest BCUT2D eigenvalue weighted by Gasteiger charge is 2.07.